The van der Waals surface area contributed by atoms with Crippen molar-refractivity contribution in [2.45, 2.75) is 15.1 Å². The van der Waals surface area contributed by atoms with Gasteiger partial charge < -0.3 is 4.42 Å². The predicted molar refractivity (Wildman–Crippen MR) is 105 cm³/mol. The normalized spacial score (nSPS) is 11.0. The highest BCUT2D eigenvalue weighted by Crippen LogP contribution is 2.38. The maximum atomic E-state index is 13.2. The Morgan fingerprint density at radius 2 is 1.46 bits per heavy atom. The summed E-state index contributed by atoms with van der Waals surface area (Å²) >= 11 is 2.78. The summed E-state index contributed by atoms with van der Waals surface area (Å²) in [6.45, 7) is 0. The molecule has 0 saturated heterocycles. The van der Waals surface area contributed by atoms with Gasteiger partial charge >= 0.3 is 0 Å². The molecular formula is C20H13F2N3OS2. The molecule has 4 aromatic rings. The number of rotatable bonds is 5. The quantitative estimate of drug-likeness (QED) is 0.377. The summed E-state index contributed by atoms with van der Waals surface area (Å²) in [6, 6.07) is 12.6. The third kappa shape index (κ3) is 4.07. The number of nitrogens with zero attached hydrogens (tertiary/aromatic N) is 3. The zero-order valence-electron chi connectivity index (χ0n) is 14.6. The fraction of sp³-hybridized carbons (Fsp3) is 0.0500. The number of pyridine rings is 2. The first-order valence-corrected chi connectivity index (χ1v) is 10.2. The van der Waals surface area contributed by atoms with E-state index in [0.29, 0.717) is 27.3 Å². The number of hydrogen-bond donors (Lipinski definition) is 0. The third-order valence-corrected chi connectivity index (χ3v) is 5.38. The highest BCUT2D eigenvalue weighted by molar-refractivity contribution is 7.99. The summed E-state index contributed by atoms with van der Waals surface area (Å²) in [5.41, 5.74) is 2.02. The van der Waals surface area contributed by atoms with Crippen molar-refractivity contribution in [2.75, 3.05) is 6.26 Å². The number of oxazole rings is 1. The fourth-order valence-corrected chi connectivity index (χ4v) is 3.61. The SMILES string of the molecule is CSc1ccc(-c2nc(-c3ccc(F)cc3)oc2Sc2ccc(F)cn2)cn1. The van der Waals surface area contributed by atoms with Crippen molar-refractivity contribution in [3.63, 3.8) is 0 Å². The number of thioether (sulfide) groups is 1. The Kier molecular flexibility index (Phi) is 5.40. The molecule has 28 heavy (non-hydrogen) atoms. The van der Waals surface area contributed by atoms with Crippen LogP contribution in [0.2, 0.25) is 0 Å². The molecule has 0 saturated carbocycles. The number of halogens is 2. The van der Waals surface area contributed by atoms with Crippen LogP contribution in [0.4, 0.5) is 8.78 Å². The van der Waals surface area contributed by atoms with E-state index in [1.165, 1.54) is 30.0 Å². The average molecular weight is 413 g/mol. The van der Waals surface area contributed by atoms with Crippen molar-refractivity contribution in [1.29, 1.82) is 0 Å². The molecule has 0 radical (unpaired) electrons. The Balaban J connectivity index is 1.76. The molecule has 0 aliphatic heterocycles. The van der Waals surface area contributed by atoms with Crippen molar-refractivity contribution in [3.05, 3.63) is 72.6 Å². The van der Waals surface area contributed by atoms with Crippen LogP contribution in [0.15, 0.2) is 80.5 Å². The van der Waals surface area contributed by atoms with Gasteiger partial charge in [0.1, 0.15) is 22.4 Å². The van der Waals surface area contributed by atoms with Crippen LogP contribution in [-0.4, -0.2) is 21.2 Å². The molecule has 0 unspecified atom stereocenters. The third-order valence-electron chi connectivity index (χ3n) is 3.80. The molecule has 0 bridgehead atoms. The van der Waals surface area contributed by atoms with E-state index < -0.39 is 5.82 Å². The first kappa shape index (κ1) is 18.6. The van der Waals surface area contributed by atoms with Crippen molar-refractivity contribution in [3.8, 4) is 22.7 Å². The van der Waals surface area contributed by atoms with Gasteiger partial charge in [0.25, 0.3) is 0 Å². The minimum Gasteiger partial charge on any atom is -0.429 e. The van der Waals surface area contributed by atoms with E-state index in [-0.39, 0.29) is 5.82 Å². The van der Waals surface area contributed by atoms with Crippen LogP contribution in [0, 0.1) is 11.6 Å². The summed E-state index contributed by atoms with van der Waals surface area (Å²) in [6.07, 6.45) is 4.82. The summed E-state index contributed by atoms with van der Waals surface area (Å²) in [5, 5.41) is 1.95. The molecule has 1 aromatic carbocycles. The molecule has 0 fully saturated rings. The number of aromatic nitrogens is 3. The molecule has 0 amide bonds. The lowest BCUT2D eigenvalue weighted by atomic mass is 10.2. The molecule has 0 N–H and O–H groups in total. The number of benzene rings is 1. The summed E-state index contributed by atoms with van der Waals surface area (Å²) in [4.78, 5) is 13.0. The Hall–Kier alpha value is -2.71. The van der Waals surface area contributed by atoms with Crippen molar-refractivity contribution >= 4 is 23.5 Å². The van der Waals surface area contributed by atoms with Crippen LogP contribution in [0.25, 0.3) is 22.7 Å². The molecule has 3 heterocycles. The van der Waals surface area contributed by atoms with Gasteiger partial charge in [-0.25, -0.2) is 23.7 Å². The van der Waals surface area contributed by atoms with Gasteiger partial charge in [-0.1, -0.05) is 0 Å². The average Bonchev–Trinajstić information content (AvgIpc) is 3.14. The second-order valence-electron chi connectivity index (χ2n) is 5.67. The van der Waals surface area contributed by atoms with Crippen LogP contribution < -0.4 is 0 Å². The molecule has 0 spiro atoms. The monoisotopic (exact) mass is 413 g/mol. The zero-order chi connectivity index (χ0) is 19.5. The lowest BCUT2D eigenvalue weighted by Gasteiger charge is -2.01. The predicted octanol–water partition coefficient (Wildman–Crippen LogP) is 5.95. The van der Waals surface area contributed by atoms with Crippen LogP contribution in [-0.2, 0) is 0 Å². The van der Waals surface area contributed by atoms with Crippen LogP contribution in [0.5, 0.6) is 0 Å². The van der Waals surface area contributed by atoms with Gasteiger partial charge in [-0.3, -0.25) is 0 Å². The van der Waals surface area contributed by atoms with Gasteiger partial charge in [-0.05, 0) is 66.5 Å². The van der Waals surface area contributed by atoms with Crippen molar-refractivity contribution in [2.24, 2.45) is 0 Å². The van der Waals surface area contributed by atoms with E-state index in [1.54, 1.807) is 36.2 Å². The summed E-state index contributed by atoms with van der Waals surface area (Å²) < 4.78 is 32.3. The van der Waals surface area contributed by atoms with Crippen LogP contribution in [0.1, 0.15) is 0 Å². The highest BCUT2D eigenvalue weighted by atomic mass is 32.2. The van der Waals surface area contributed by atoms with Crippen LogP contribution >= 0.6 is 23.5 Å². The van der Waals surface area contributed by atoms with E-state index in [4.69, 9.17) is 4.42 Å². The number of hydrogen-bond acceptors (Lipinski definition) is 6. The molecule has 140 valence electrons. The maximum absolute atomic E-state index is 13.2. The molecule has 8 heteroatoms. The van der Waals surface area contributed by atoms with Crippen molar-refractivity contribution < 1.29 is 13.2 Å². The van der Waals surface area contributed by atoms with Crippen LogP contribution in [0.3, 0.4) is 0 Å². The minimum atomic E-state index is -0.411. The largest absolute Gasteiger partial charge is 0.429 e. The lowest BCUT2D eigenvalue weighted by Crippen LogP contribution is -1.86. The second-order valence-corrected chi connectivity index (χ2v) is 7.49. The van der Waals surface area contributed by atoms with Gasteiger partial charge in [0, 0.05) is 17.3 Å². The van der Waals surface area contributed by atoms with E-state index >= 15 is 0 Å². The fourth-order valence-electron chi connectivity index (χ4n) is 2.43. The zero-order valence-corrected chi connectivity index (χ0v) is 16.2. The summed E-state index contributed by atoms with van der Waals surface area (Å²) in [5.74, 6) is -0.392. The molecule has 0 aliphatic rings. The van der Waals surface area contributed by atoms with Gasteiger partial charge in [-0.15, -0.1) is 11.8 Å². The lowest BCUT2D eigenvalue weighted by molar-refractivity contribution is 0.485. The Morgan fingerprint density at radius 1 is 0.786 bits per heavy atom. The maximum Gasteiger partial charge on any atom is 0.228 e. The topological polar surface area (TPSA) is 51.8 Å². The first-order chi connectivity index (χ1) is 13.6. The van der Waals surface area contributed by atoms with E-state index in [9.17, 15) is 8.78 Å². The second kappa shape index (κ2) is 8.12. The smallest absolute Gasteiger partial charge is 0.228 e. The highest BCUT2D eigenvalue weighted by Gasteiger charge is 2.19. The van der Waals surface area contributed by atoms with E-state index in [1.807, 2.05) is 18.4 Å². The van der Waals surface area contributed by atoms with Gasteiger partial charge in [0.15, 0.2) is 5.09 Å². The molecule has 3 aromatic heterocycles. The van der Waals surface area contributed by atoms with E-state index in [0.717, 1.165) is 16.8 Å². The standard InChI is InChI=1S/C20H13F2N3OS2/c1-27-16-8-4-13(10-23-16)18-20(28-17-9-7-15(22)11-24-17)26-19(25-18)12-2-5-14(21)6-3-12/h2-11H,1H3. The summed E-state index contributed by atoms with van der Waals surface area (Å²) in [7, 11) is 0. The van der Waals surface area contributed by atoms with Gasteiger partial charge in [0.2, 0.25) is 5.89 Å². The molecule has 0 atom stereocenters. The Bertz CT molecular complexity index is 1080. The Morgan fingerprint density at radius 3 is 2.11 bits per heavy atom. The molecular weight excluding hydrogens is 400 g/mol. The van der Waals surface area contributed by atoms with Gasteiger partial charge in [-0.2, -0.15) is 0 Å². The first-order valence-electron chi connectivity index (χ1n) is 8.19. The van der Waals surface area contributed by atoms with Crippen molar-refractivity contribution in [1.82, 2.24) is 15.0 Å². The molecule has 4 rings (SSSR count). The minimum absolute atomic E-state index is 0.336. The molecule has 4 nitrogen and oxygen atoms in total. The Labute approximate surface area is 168 Å². The van der Waals surface area contributed by atoms with E-state index in [2.05, 4.69) is 15.0 Å². The van der Waals surface area contributed by atoms with Gasteiger partial charge in [0.05, 0.1) is 11.2 Å². The molecule has 0 aliphatic carbocycles.